The molecule has 65 heavy (non-hydrogen) atoms. The van der Waals surface area contributed by atoms with E-state index >= 15 is 0 Å². The van der Waals surface area contributed by atoms with Crippen LogP contribution >= 0.6 is 0 Å². The maximum Gasteiger partial charge on any atom is 0.339 e. The van der Waals surface area contributed by atoms with E-state index in [2.05, 4.69) is 14.5 Å². The maximum absolute atomic E-state index is 15.0. The number of carbonyl (C=O) groups excluding carboxylic acids is 5. The molecule has 340 valence electrons. The number of carbonyl (C=O) groups is 5. The number of fused-ring (bicyclic) bond motifs is 5. The van der Waals surface area contributed by atoms with E-state index in [1.807, 2.05) is 13.0 Å². The number of hydrogen-bond acceptors (Lipinski definition) is 17. The van der Waals surface area contributed by atoms with E-state index in [0.717, 1.165) is 5.57 Å². The number of esters is 3. The lowest BCUT2D eigenvalue weighted by molar-refractivity contribution is -0.763. The number of ether oxygens (including phenoxy) is 3. The largest absolute Gasteiger partial charge is 0.458 e. The minimum absolute atomic E-state index is 0.00148. The van der Waals surface area contributed by atoms with Gasteiger partial charge in [0.1, 0.15) is 25.9 Å². The third-order valence-electron chi connectivity index (χ3n) is 13.5. The summed E-state index contributed by atoms with van der Waals surface area (Å²) < 4.78 is 18.4. The molecule has 0 unspecified atom stereocenters. The number of ketones is 2. The lowest BCUT2D eigenvalue weighted by Gasteiger charge is -2.60. The molecule has 20 nitrogen and oxygen atoms in total. The van der Waals surface area contributed by atoms with Gasteiger partial charge in [0.25, 0.3) is 15.3 Å². The molecule has 0 spiro atoms. The average Bonchev–Trinajstić information content (AvgIpc) is 3.58. The lowest BCUT2D eigenvalue weighted by Crippen LogP contribution is -2.63. The Morgan fingerprint density at radius 3 is 1.69 bits per heavy atom. The second kappa shape index (κ2) is 18.3. The van der Waals surface area contributed by atoms with Gasteiger partial charge in [-0.05, 0) is 109 Å². The van der Waals surface area contributed by atoms with Gasteiger partial charge in [-0.3, -0.25) is 9.59 Å². The second-order valence-electron chi connectivity index (χ2n) is 16.9. The molecule has 0 aromatic heterocycles. The number of nitrogens with zero attached hydrogens (tertiary/aromatic N) is 3. The molecular formula is C45H43N3O17. The highest BCUT2D eigenvalue weighted by molar-refractivity contribution is 6.01. The Labute approximate surface area is 369 Å². The molecule has 3 saturated carbocycles. The van der Waals surface area contributed by atoms with E-state index in [9.17, 15) is 54.3 Å². The van der Waals surface area contributed by atoms with Gasteiger partial charge in [-0.25, -0.2) is 14.4 Å². The van der Waals surface area contributed by atoms with Crippen LogP contribution in [0.1, 0.15) is 93.7 Å². The topological polar surface area (TPSA) is 270 Å². The second-order valence-corrected chi connectivity index (χ2v) is 16.9. The average molecular weight is 898 g/mol. The molecular weight excluding hydrogens is 854 g/mol. The zero-order valence-corrected chi connectivity index (χ0v) is 35.1. The normalized spacial score (nSPS) is 26.2. The predicted molar refractivity (Wildman–Crippen MR) is 219 cm³/mol. The maximum atomic E-state index is 15.0. The molecule has 3 fully saturated rings. The van der Waals surface area contributed by atoms with Crippen LogP contribution in [0.15, 0.2) is 96.6 Å². The van der Waals surface area contributed by atoms with Crippen LogP contribution in [0.2, 0.25) is 0 Å². The van der Waals surface area contributed by atoms with Crippen molar-refractivity contribution in [1.82, 2.24) is 0 Å². The number of benzene rings is 3. The van der Waals surface area contributed by atoms with Gasteiger partial charge in [0, 0.05) is 16.7 Å². The van der Waals surface area contributed by atoms with Crippen molar-refractivity contribution in [3.63, 3.8) is 0 Å². The summed E-state index contributed by atoms with van der Waals surface area (Å²) in [6.45, 7) is 1.87. The van der Waals surface area contributed by atoms with Crippen LogP contribution in [-0.2, 0) is 58.1 Å². The van der Waals surface area contributed by atoms with Crippen molar-refractivity contribution in [2.24, 2.45) is 28.6 Å². The molecule has 0 amide bonds. The monoisotopic (exact) mass is 897 g/mol. The standard InChI is InChI=1S/C45H43N3O17/c1-43-19-17-34(49)21-33(43)15-16-35-36-18-20-45(65-42(53)32-13-7-29(8-14-32)25-63-48(58)59,38(50)26-60-40(51)30-9-3-27(4-10-30)23-61-46(54)55)44(36,2)22-37(39(35)43)64-41(52)31-11-5-28(6-12-31)24-62-47(56)57/h3-14,17,19,21,35-37,39H,15-16,18,20,22-26H2,1-2H3/t35-,36-,37-,39+,43-,44-,45-/m0/s1. The Morgan fingerprint density at radius 2 is 1.18 bits per heavy atom. The van der Waals surface area contributed by atoms with Crippen molar-refractivity contribution in [3.8, 4) is 0 Å². The third kappa shape index (κ3) is 9.27. The predicted octanol–water partition coefficient (Wildman–Crippen LogP) is 6.28. The molecule has 0 heterocycles. The molecule has 0 aliphatic heterocycles. The van der Waals surface area contributed by atoms with Gasteiger partial charge in [0.15, 0.2) is 18.0 Å². The van der Waals surface area contributed by atoms with Crippen LogP contribution < -0.4 is 0 Å². The quantitative estimate of drug-likeness (QED) is 0.0624. The highest BCUT2D eigenvalue weighted by atomic mass is 17.0. The molecule has 0 radical (unpaired) electrons. The van der Waals surface area contributed by atoms with E-state index in [-0.39, 0.29) is 67.0 Å². The van der Waals surface area contributed by atoms with Crippen molar-refractivity contribution >= 4 is 29.5 Å². The molecule has 4 aliphatic carbocycles. The van der Waals surface area contributed by atoms with E-state index < -0.39 is 74.0 Å². The van der Waals surface area contributed by atoms with E-state index in [1.165, 1.54) is 78.9 Å². The summed E-state index contributed by atoms with van der Waals surface area (Å²) in [6.07, 6.45) is 5.42. The number of allylic oxidation sites excluding steroid dienone is 4. The highest BCUT2D eigenvalue weighted by Crippen LogP contribution is 2.68. The molecule has 0 N–H and O–H groups in total. The van der Waals surface area contributed by atoms with E-state index in [0.29, 0.717) is 36.0 Å². The first kappa shape index (κ1) is 45.5. The van der Waals surface area contributed by atoms with E-state index in [1.54, 1.807) is 13.0 Å². The Morgan fingerprint density at radius 1 is 0.692 bits per heavy atom. The SMILES string of the molecule is C[C@]12C=CC(=O)C=C1CC[C@@H]1[C@@H]2[C@@H](OC(=O)c2ccc(CO[N+](=O)[O-])cc2)C[C@@]2(C)[C@H]1CC[C@]2(OC(=O)c1ccc(CO[N+](=O)[O-])cc1)C(=O)COC(=O)c1ccc(CO[N+](=O)[O-])cc1. The minimum Gasteiger partial charge on any atom is -0.458 e. The van der Waals surface area contributed by atoms with Crippen molar-refractivity contribution < 1.29 is 68.0 Å². The summed E-state index contributed by atoms with van der Waals surface area (Å²) in [5, 5.41) is 29.3. The van der Waals surface area contributed by atoms with Crippen molar-refractivity contribution in [3.05, 3.63) is 160 Å². The first-order valence-electron chi connectivity index (χ1n) is 20.6. The fourth-order valence-electron chi connectivity index (χ4n) is 10.4. The molecule has 7 atom stereocenters. The van der Waals surface area contributed by atoms with Crippen LogP contribution in [0.25, 0.3) is 0 Å². The first-order chi connectivity index (χ1) is 30.9. The zero-order chi connectivity index (χ0) is 46.7. The number of Topliss-reactive ketones (excluding diaryl/α,β-unsaturated/α-hetero) is 1. The highest BCUT2D eigenvalue weighted by Gasteiger charge is 2.71. The Hall–Kier alpha value is -7.51. The van der Waals surface area contributed by atoms with Gasteiger partial charge >= 0.3 is 17.9 Å². The van der Waals surface area contributed by atoms with Gasteiger partial charge in [0.2, 0.25) is 5.78 Å². The summed E-state index contributed by atoms with van der Waals surface area (Å²) >= 11 is 0. The fourth-order valence-corrected chi connectivity index (χ4v) is 10.4. The third-order valence-corrected chi connectivity index (χ3v) is 13.5. The molecule has 7 rings (SSSR count). The van der Waals surface area contributed by atoms with Crippen LogP contribution in [0, 0.1) is 58.9 Å². The Bertz CT molecular complexity index is 2470. The Balaban J connectivity index is 1.23. The molecule has 0 saturated heterocycles. The summed E-state index contributed by atoms with van der Waals surface area (Å²) in [6, 6.07) is 17.0. The zero-order valence-electron chi connectivity index (χ0n) is 35.1. The number of rotatable bonds is 17. The molecule has 3 aromatic rings. The summed E-state index contributed by atoms with van der Waals surface area (Å²) in [4.78, 5) is 115. The van der Waals surface area contributed by atoms with Crippen LogP contribution in [0.4, 0.5) is 0 Å². The minimum atomic E-state index is -1.96. The summed E-state index contributed by atoms with van der Waals surface area (Å²) in [7, 11) is 0. The van der Waals surface area contributed by atoms with Crippen LogP contribution in [0.5, 0.6) is 0 Å². The molecule has 4 aliphatic rings. The fraction of sp³-hybridized carbons (Fsp3) is 0.400. The van der Waals surface area contributed by atoms with Crippen molar-refractivity contribution in [1.29, 1.82) is 0 Å². The molecule has 0 bridgehead atoms. The summed E-state index contributed by atoms with van der Waals surface area (Å²) in [5.41, 5.74) is -1.75. The van der Waals surface area contributed by atoms with Crippen molar-refractivity contribution in [2.75, 3.05) is 6.61 Å². The van der Waals surface area contributed by atoms with Gasteiger partial charge in [-0.15, -0.1) is 30.3 Å². The van der Waals surface area contributed by atoms with E-state index in [4.69, 9.17) is 14.2 Å². The summed E-state index contributed by atoms with van der Waals surface area (Å²) in [5.74, 6) is -4.43. The number of hydrogen-bond donors (Lipinski definition) is 0. The van der Waals surface area contributed by atoms with Crippen molar-refractivity contribution in [2.45, 2.75) is 77.5 Å². The van der Waals surface area contributed by atoms with Crippen LogP contribution in [-0.4, -0.2) is 63.0 Å². The smallest absolute Gasteiger partial charge is 0.339 e. The lowest BCUT2D eigenvalue weighted by atomic mass is 9.46. The first-order valence-corrected chi connectivity index (χ1v) is 20.6. The van der Waals surface area contributed by atoms with Gasteiger partial charge in [-0.2, -0.15) is 0 Å². The Kier molecular flexibility index (Phi) is 12.8. The van der Waals surface area contributed by atoms with Crippen LogP contribution in [0.3, 0.4) is 0 Å². The molecule has 3 aromatic carbocycles. The van der Waals surface area contributed by atoms with Gasteiger partial charge < -0.3 is 28.7 Å². The van der Waals surface area contributed by atoms with Gasteiger partial charge in [0.05, 0.1) is 16.7 Å². The molecule has 20 heteroatoms. The van der Waals surface area contributed by atoms with Gasteiger partial charge in [-0.1, -0.05) is 61.9 Å².